The van der Waals surface area contributed by atoms with E-state index in [2.05, 4.69) is 0 Å². The molecule has 0 aromatic heterocycles. The molecule has 0 spiro atoms. The summed E-state index contributed by atoms with van der Waals surface area (Å²) in [7, 11) is 1.55. The maximum Gasteiger partial charge on any atom is 0.262 e. The Hall–Kier alpha value is -3.18. The van der Waals surface area contributed by atoms with E-state index in [1.165, 1.54) is 0 Å². The highest BCUT2D eigenvalue weighted by Gasteiger charge is 2.42. The highest BCUT2D eigenvalue weighted by atomic mass is 35.5. The fourth-order valence-electron chi connectivity index (χ4n) is 4.04. The summed E-state index contributed by atoms with van der Waals surface area (Å²) >= 11 is 6.39. The SMILES string of the molecule is CCCCC(C(=O)c1ccc2c(Cl)c(OC)ccc2c1)N1C(=O)c2ccccc2C1=O. The predicted octanol–water partition coefficient (Wildman–Crippen LogP) is 5.54. The van der Waals surface area contributed by atoms with Crippen LogP contribution < -0.4 is 4.74 Å². The van der Waals surface area contributed by atoms with Gasteiger partial charge < -0.3 is 4.74 Å². The molecule has 2 amide bonds. The van der Waals surface area contributed by atoms with E-state index in [0.717, 1.165) is 28.5 Å². The third kappa shape index (κ3) is 3.59. The van der Waals surface area contributed by atoms with Crippen molar-refractivity contribution in [1.29, 1.82) is 0 Å². The van der Waals surface area contributed by atoms with Gasteiger partial charge in [-0.15, -0.1) is 0 Å². The molecule has 5 nitrogen and oxygen atoms in total. The summed E-state index contributed by atoms with van der Waals surface area (Å²) in [5, 5.41) is 2.03. The number of hydrogen-bond donors (Lipinski definition) is 0. The molecule has 1 atom stereocenters. The molecule has 0 N–H and O–H groups in total. The zero-order chi connectivity index (χ0) is 22.1. The first-order valence-corrected chi connectivity index (χ1v) is 10.6. The lowest BCUT2D eigenvalue weighted by atomic mass is 9.96. The minimum Gasteiger partial charge on any atom is -0.495 e. The van der Waals surface area contributed by atoms with Gasteiger partial charge in [-0.2, -0.15) is 0 Å². The number of fused-ring (bicyclic) bond motifs is 2. The molecule has 0 aliphatic carbocycles. The van der Waals surface area contributed by atoms with Gasteiger partial charge in [0.1, 0.15) is 11.8 Å². The van der Waals surface area contributed by atoms with E-state index >= 15 is 0 Å². The van der Waals surface area contributed by atoms with Gasteiger partial charge in [-0.3, -0.25) is 19.3 Å². The second-order valence-corrected chi connectivity index (χ2v) is 7.94. The zero-order valence-electron chi connectivity index (χ0n) is 17.4. The van der Waals surface area contributed by atoms with Crippen molar-refractivity contribution in [3.63, 3.8) is 0 Å². The maximum absolute atomic E-state index is 13.5. The van der Waals surface area contributed by atoms with Crippen LogP contribution in [0.3, 0.4) is 0 Å². The molecule has 6 heteroatoms. The van der Waals surface area contributed by atoms with E-state index < -0.39 is 17.9 Å². The Balaban J connectivity index is 1.73. The first kappa shape index (κ1) is 21.1. The average molecular weight is 436 g/mol. The Morgan fingerprint density at radius 1 is 1.03 bits per heavy atom. The number of Topliss-reactive ketones (excluding diaryl/α,β-unsaturated/α-hetero) is 1. The molecule has 158 valence electrons. The number of imide groups is 1. The molecule has 1 unspecified atom stereocenters. The number of benzene rings is 3. The summed E-state index contributed by atoms with van der Waals surface area (Å²) in [5.74, 6) is -0.524. The van der Waals surface area contributed by atoms with Crippen LogP contribution in [0.2, 0.25) is 5.02 Å². The molecule has 3 aromatic rings. The molecule has 0 bridgehead atoms. The second-order valence-electron chi connectivity index (χ2n) is 7.57. The van der Waals surface area contributed by atoms with Crippen LogP contribution in [0.4, 0.5) is 0 Å². The van der Waals surface area contributed by atoms with E-state index in [1.54, 1.807) is 55.6 Å². The number of hydrogen-bond acceptors (Lipinski definition) is 4. The number of methoxy groups -OCH3 is 1. The molecule has 0 radical (unpaired) electrons. The van der Waals surface area contributed by atoms with Crippen molar-refractivity contribution in [2.75, 3.05) is 7.11 Å². The Morgan fingerprint density at radius 3 is 2.32 bits per heavy atom. The molecular formula is C25H22ClNO4. The molecular weight excluding hydrogens is 414 g/mol. The van der Waals surface area contributed by atoms with Crippen LogP contribution in [-0.2, 0) is 0 Å². The second kappa shape index (κ2) is 8.52. The van der Waals surface area contributed by atoms with Crippen LogP contribution in [0.25, 0.3) is 10.8 Å². The number of ether oxygens (including phenoxy) is 1. The number of rotatable bonds is 7. The topological polar surface area (TPSA) is 63.7 Å². The van der Waals surface area contributed by atoms with Crippen LogP contribution in [-0.4, -0.2) is 35.6 Å². The number of unbranched alkanes of at least 4 members (excludes halogenated alkanes) is 1. The van der Waals surface area contributed by atoms with Gasteiger partial charge in [0.25, 0.3) is 11.8 Å². The smallest absolute Gasteiger partial charge is 0.262 e. The fraction of sp³-hybridized carbons (Fsp3) is 0.240. The van der Waals surface area contributed by atoms with E-state index in [-0.39, 0.29) is 5.78 Å². The van der Waals surface area contributed by atoms with Crippen LogP contribution in [0.15, 0.2) is 54.6 Å². The summed E-state index contributed by atoms with van der Waals surface area (Å²) < 4.78 is 5.25. The highest BCUT2D eigenvalue weighted by Crippen LogP contribution is 2.34. The van der Waals surface area contributed by atoms with Crippen molar-refractivity contribution < 1.29 is 19.1 Å². The molecule has 0 saturated carbocycles. The lowest BCUT2D eigenvalue weighted by molar-refractivity contribution is 0.0530. The van der Waals surface area contributed by atoms with Crippen molar-refractivity contribution in [1.82, 2.24) is 4.90 Å². The largest absolute Gasteiger partial charge is 0.495 e. The minimum absolute atomic E-state index is 0.253. The van der Waals surface area contributed by atoms with Gasteiger partial charge in [0, 0.05) is 10.9 Å². The van der Waals surface area contributed by atoms with E-state index in [1.807, 2.05) is 13.0 Å². The van der Waals surface area contributed by atoms with Gasteiger partial charge >= 0.3 is 0 Å². The standard InChI is InChI=1S/C25H22ClNO4/c1-3-4-9-20(27-24(29)18-7-5-6-8-19(18)25(27)30)23(28)16-10-12-17-15(14-16)11-13-21(31-2)22(17)26/h5-8,10-14,20H,3-4,9H2,1-2H3. The van der Waals surface area contributed by atoms with E-state index in [0.29, 0.717) is 33.9 Å². The van der Waals surface area contributed by atoms with Gasteiger partial charge in [-0.1, -0.05) is 61.7 Å². The third-order valence-electron chi connectivity index (χ3n) is 5.69. The molecule has 1 aliphatic rings. The molecule has 1 heterocycles. The van der Waals surface area contributed by atoms with Crippen LogP contribution >= 0.6 is 11.6 Å². The normalized spacial score (nSPS) is 14.1. The van der Waals surface area contributed by atoms with Crippen molar-refractivity contribution in [2.24, 2.45) is 0 Å². The fourth-order valence-corrected chi connectivity index (χ4v) is 4.35. The van der Waals surface area contributed by atoms with Gasteiger partial charge in [-0.25, -0.2) is 0 Å². The summed E-state index contributed by atoms with van der Waals surface area (Å²) in [5.41, 5.74) is 1.13. The van der Waals surface area contributed by atoms with Crippen LogP contribution in [0.5, 0.6) is 5.75 Å². The Labute approximate surface area is 185 Å². The summed E-state index contributed by atoms with van der Waals surface area (Å²) in [6, 6.07) is 14.6. The number of nitrogens with zero attached hydrogens (tertiary/aromatic N) is 1. The molecule has 1 aliphatic heterocycles. The Bertz CT molecular complexity index is 1170. The number of carbonyl (C=O) groups excluding carboxylic acids is 3. The zero-order valence-corrected chi connectivity index (χ0v) is 18.1. The van der Waals surface area contributed by atoms with Crippen LogP contribution in [0, 0.1) is 0 Å². The van der Waals surface area contributed by atoms with Crippen molar-refractivity contribution >= 4 is 40.0 Å². The van der Waals surface area contributed by atoms with Crippen LogP contribution in [0.1, 0.15) is 57.3 Å². The van der Waals surface area contributed by atoms with Gasteiger partial charge in [0.15, 0.2) is 5.78 Å². The van der Waals surface area contributed by atoms with Crippen molar-refractivity contribution in [2.45, 2.75) is 32.2 Å². The molecule has 3 aromatic carbocycles. The molecule has 4 rings (SSSR count). The third-order valence-corrected chi connectivity index (χ3v) is 6.08. The van der Waals surface area contributed by atoms with Gasteiger partial charge in [0.2, 0.25) is 0 Å². The van der Waals surface area contributed by atoms with Crippen molar-refractivity contribution in [3.05, 3.63) is 76.3 Å². The average Bonchev–Trinajstić information content (AvgIpc) is 3.04. The first-order chi connectivity index (χ1) is 15.0. The van der Waals surface area contributed by atoms with E-state index in [9.17, 15) is 14.4 Å². The number of carbonyl (C=O) groups is 3. The monoisotopic (exact) mass is 435 g/mol. The highest BCUT2D eigenvalue weighted by molar-refractivity contribution is 6.37. The van der Waals surface area contributed by atoms with E-state index in [4.69, 9.17) is 16.3 Å². The summed E-state index contributed by atoms with van der Waals surface area (Å²) in [4.78, 5) is 40.7. The Morgan fingerprint density at radius 2 is 1.71 bits per heavy atom. The molecule has 0 saturated heterocycles. The molecule has 0 fully saturated rings. The predicted molar refractivity (Wildman–Crippen MR) is 120 cm³/mol. The first-order valence-electron chi connectivity index (χ1n) is 10.2. The quantitative estimate of drug-likeness (QED) is 0.361. The summed E-state index contributed by atoms with van der Waals surface area (Å²) in [6.45, 7) is 2.01. The van der Waals surface area contributed by atoms with Gasteiger partial charge in [0.05, 0.1) is 23.3 Å². The summed E-state index contributed by atoms with van der Waals surface area (Å²) in [6.07, 6.45) is 1.99. The Kier molecular flexibility index (Phi) is 5.79. The van der Waals surface area contributed by atoms with Crippen molar-refractivity contribution in [3.8, 4) is 5.75 Å². The minimum atomic E-state index is -0.849. The maximum atomic E-state index is 13.5. The van der Waals surface area contributed by atoms with Gasteiger partial charge in [-0.05, 0) is 36.1 Å². The number of ketones is 1. The lowest BCUT2D eigenvalue weighted by Gasteiger charge is -2.25. The number of halogens is 1. The lowest BCUT2D eigenvalue weighted by Crippen LogP contribution is -2.45. The molecule has 31 heavy (non-hydrogen) atoms. The number of amides is 2.